The second kappa shape index (κ2) is 11.2. The summed E-state index contributed by atoms with van der Waals surface area (Å²) in [5, 5.41) is 3.02. The number of alkyl halides is 3. The van der Waals surface area contributed by atoms with Gasteiger partial charge in [0.25, 0.3) is 0 Å². The molecule has 3 aromatic rings. The van der Waals surface area contributed by atoms with Gasteiger partial charge in [-0.2, -0.15) is 13.2 Å². The van der Waals surface area contributed by atoms with Gasteiger partial charge in [0.05, 0.1) is 12.1 Å². The van der Waals surface area contributed by atoms with Gasteiger partial charge in [0, 0.05) is 44.4 Å². The SMILES string of the molecule is COCCCN(Cc1cccn1Cc1cccc(C(F)(F)F)c1)C(=O)Nc1c(C)cccc1C. The fraction of sp³-hybridized carbons (Fsp3) is 0.346. The first-order valence-corrected chi connectivity index (χ1v) is 11.1. The monoisotopic (exact) mass is 473 g/mol. The van der Waals surface area contributed by atoms with E-state index in [4.69, 9.17) is 4.74 Å². The third kappa shape index (κ3) is 6.63. The predicted octanol–water partition coefficient (Wildman–Crippen LogP) is 6.24. The van der Waals surface area contributed by atoms with Crippen molar-refractivity contribution in [1.82, 2.24) is 9.47 Å². The highest BCUT2D eigenvalue weighted by atomic mass is 19.4. The van der Waals surface area contributed by atoms with E-state index in [0.29, 0.717) is 31.7 Å². The maximum Gasteiger partial charge on any atom is 0.416 e. The molecule has 1 heterocycles. The average Bonchev–Trinajstić information content (AvgIpc) is 3.21. The minimum atomic E-state index is -4.39. The first kappa shape index (κ1) is 25.4. The molecule has 0 spiro atoms. The molecular formula is C26H30F3N3O2. The van der Waals surface area contributed by atoms with E-state index >= 15 is 0 Å². The second-order valence-corrected chi connectivity index (χ2v) is 8.29. The molecule has 0 radical (unpaired) electrons. The van der Waals surface area contributed by atoms with Crippen LogP contribution in [0.4, 0.5) is 23.7 Å². The van der Waals surface area contributed by atoms with Crippen LogP contribution in [-0.2, 0) is 24.0 Å². The molecule has 34 heavy (non-hydrogen) atoms. The Kier molecular flexibility index (Phi) is 8.39. The number of nitrogens with zero attached hydrogens (tertiary/aromatic N) is 2. The molecule has 0 saturated heterocycles. The fourth-order valence-corrected chi connectivity index (χ4v) is 3.84. The number of aromatic nitrogens is 1. The summed E-state index contributed by atoms with van der Waals surface area (Å²) in [4.78, 5) is 14.9. The van der Waals surface area contributed by atoms with Crippen molar-refractivity contribution < 1.29 is 22.7 Å². The van der Waals surface area contributed by atoms with Crippen LogP contribution in [0.25, 0.3) is 0 Å². The highest BCUT2D eigenvalue weighted by Crippen LogP contribution is 2.30. The number of halogens is 3. The van der Waals surface area contributed by atoms with Gasteiger partial charge in [0.1, 0.15) is 0 Å². The lowest BCUT2D eigenvalue weighted by Gasteiger charge is -2.25. The summed E-state index contributed by atoms with van der Waals surface area (Å²) in [7, 11) is 1.61. The van der Waals surface area contributed by atoms with E-state index < -0.39 is 11.7 Å². The number of nitrogens with one attached hydrogen (secondary N) is 1. The quantitative estimate of drug-likeness (QED) is 0.374. The third-order valence-electron chi connectivity index (χ3n) is 5.66. The van der Waals surface area contributed by atoms with E-state index in [2.05, 4.69) is 5.32 Å². The number of carbonyl (C=O) groups is 1. The van der Waals surface area contributed by atoms with Crippen LogP contribution in [0.5, 0.6) is 0 Å². The van der Waals surface area contributed by atoms with Crippen LogP contribution in [0.3, 0.4) is 0 Å². The maximum absolute atomic E-state index is 13.2. The molecule has 3 rings (SSSR count). The van der Waals surface area contributed by atoms with Gasteiger partial charge >= 0.3 is 12.2 Å². The third-order valence-corrected chi connectivity index (χ3v) is 5.66. The van der Waals surface area contributed by atoms with Crippen molar-refractivity contribution in [2.45, 2.75) is 39.5 Å². The van der Waals surface area contributed by atoms with Crippen LogP contribution in [0.2, 0.25) is 0 Å². The van der Waals surface area contributed by atoms with Crippen molar-refractivity contribution in [3.8, 4) is 0 Å². The number of para-hydroxylation sites is 1. The Morgan fingerprint density at radius 3 is 2.44 bits per heavy atom. The molecule has 8 heteroatoms. The zero-order valence-electron chi connectivity index (χ0n) is 19.7. The Bertz CT molecular complexity index is 1090. The highest BCUT2D eigenvalue weighted by Gasteiger charge is 2.30. The molecule has 0 aliphatic heterocycles. The molecule has 0 atom stereocenters. The number of aryl methyl sites for hydroxylation is 2. The van der Waals surface area contributed by atoms with Crippen LogP contribution in [0.15, 0.2) is 60.8 Å². The number of benzene rings is 2. The molecule has 0 aliphatic carbocycles. The Morgan fingerprint density at radius 1 is 1.06 bits per heavy atom. The molecule has 2 aromatic carbocycles. The molecule has 5 nitrogen and oxygen atoms in total. The van der Waals surface area contributed by atoms with Crippen LogP contribution in [-0.4, -0.2) is 35.8 Å². The van der Waals surface area contributed by atoms with Crippen LogP contribution < -0.4 is 5.32 Å². The van der Waals surface area contributed by atoms with Gasteiger partial charge in [-0.1, -0.05) is 30.3 Å². The first-order chi connectivity index (χ1) is 16.2. The van der Waals surface area contributed by atoms with E-state index in [1.54, 1.807) is 18.1 Å². The number of ether oxygens (including phenoxy) is 1. The number of hydrogen-bond acceptors (Lipinski definition) is 2. The molecular weight excluding hydrogens is 443 g/mol. The van der Waals surface area contributed by atoms with E-state index in [1.807, 2.05) is 54.9 Å². The molecule has 0 unspecified atom stereocenters. The predicted molar refractivity (Wildman–Crippen MR) is 127 cm³/mol. The molecule has 0 aliphatic rings. The summed E-state index contributed by atoms with van der Waals surface area (Å²) in [6, 6.07) is 14.6. The lowest BCUT2D eigenvalue weighted by atomic mass is 10.1. The number of rotatable bonds is 9. The Morgan fingerprint density at radius 2 is 1.76 bits per heavy atom. The van der Waals surface area contributed by atoms with Gasteiger partial charge in [-0.15, -0.1) is 0 Å². The van der Waals surface area contributed by atoms with Gasteiger partial charge in [-0.3, -0.25) is 0 Å². The molecule has 0 saturated carbocycles. The van der Waals surface area contributed by atoms with Gasteiger partial charge in [-0.05, 0) is 61.2 Å². The van der Waals surface area contributed by atoms with Gasteiger partial charge in [0.15, 0.2) is 0 Å². The van der Waals surface area contributed by atoms with Gasteiger partial charge in [0.2, 0.25) is 0 Å². The van der Waals surface area contributed by atoms with E-state index in [1.165, 1.54) is 6.07 Å². The highest BCUT2D eigenvalue weighted by molar-refractivity contribution is 5.91. The van der Waals surface area contributed by atoms with Crippen molar-refractivity contribution >= 4 is 11.7 Å². The number of carbonyl (C=O) groups excluding carboxylic acids is 1. The van der Waals surface area contributed by atoms with Crippen molar-refractivity contribution in [3.63, 3.8) is 0 Å². The smallest absolute Gasteiger partial charge is 0.385 e. The van der Waals surface area contributed by atoms with Crippen LogP contribution >= 0.6 is 0 Å². The largest absolute Gasteiger partial charge is 0.416 e. The number of hydrogen-bond donors (Lipinski definition) is 1. The molecule has 0 fully saturated rings. The molecule has 182 valence electrons. The minimum Gasteiger partial charge on any atom is -0.385 e. The number of urea groups is 1. The Balaban J connectivity index is 1.79. The molecule has 1 aromatic heterocycles. The molecule has 1 N–H and O–H groups in total. The van der Waals surface area contributed by atoms with Gasteiger partial charge in [-0.25, -0.2) is 4.79 Å². The number of anilines is 1. The summed E-state index contributed by atoms with van der Waals surface area (Å²) in [5.74, 6) is 0. The average molecular weight is 474 g/mol. The fourth-order valence-electron chi connectivity index (χ4n) is 3.84. The summed E-state index contributed by atoms with van der Waals surface area (Å²) in [6.45, 7) is 5.46. The van der Waals surface area contributed by atoms with Crippen LogP contribution in [0, 0.1) is 13.8 Å². The summed E-state index contributed by atoms with van der Waals surface area (Å²) < 4.78 is 46.3. The van der Waals surface area contributed by atoms with Crippen molar-refractivity contribution in [2.75, 3.05) is 25.6 Å². The number of methoxy groups -OCH3 is 1. The summed E-state index contributed by atoms with van der Waals surface area (Å²) in [5.41, 5.74) is 3.41. The topological polar surface area (TPSA) is 46.5 Å². The van der Waals surface area contributed by atoms with Crippen molar-refractivity contribution in [3.05, 3.63) is 88.7 Å². The maximum atomic E-state index is 13.2. The van der Waals surface area contributed by atoms with E-state index in [9.17, 15) is 18.0 Å². The second-order valence-electron chi connectivity index (χ2n) is 8.29. The normalized spacial score (nSPS) is 11.5. The first-order valence-electron chi connectivity index (χ1n) is 11.1. The Hall–Kier alpha value is -3.26. The van der Waals surface area contributed by atoms with E-state index in [-0.39, 0.29) is 12.6 Å². The summed E-state index contributed by atoms with van der Waals surface area (Å²) in [6.07, 6.45) is -1.92. The zero-order valence-corrected chi connectivity index (χ0v) is 19.7. The lowest BCUT2D eigenvalue weighted by Crippen LogP contribution is -2.36. The van der Waals surface area contributed by atoms with Gasteiger partial charge < -0.3 is 19.5 Å². The summed E-state index contributed by atoms with van der Waals surface area (Å²) >= 11 is 0. The molecule has 0 bridgehead atoms. The van der Waals surface area contributed by atoms with Crippen LogP contribution in [0.1, 0.15) is 34.4 Å². The number of amides is 2. The Labute approximate surface area is 198 Å². The minimum absolute atomic E-state index is 0.236. The zero-order chi connectivity index (χ0) is 24.7. The lowest BCUT2D eigenvalue weighted by molar-refractivity contribution is -0.137. The van der Waals surface area contributed by atoms with Crippen molar-refractivity contribution in [2.24, 2.45) is 0 Å². The standard InChI is InChI=1S/C26H30F3N3O2/c1-19-8-4-9-20(2)24(19)30-25(33)32(14-7-15-34-3)18-23-12-6-13-31(23)17-21-10-5-11-22(16-21)26(27,28)29/h4-6,8-13,16H,7,14-15,17-18H2,1-3H3,(H,30,33). The van der Waals surface area contributed by atoms with Crippen molar-refractivity contribution in [1.29, 1.82) is 0 Å². The molecule has 2 amide bonds. The van der Waals surface area contributed by atoms with E-state index in [0.717, 1.165) is 34.6 Å².